The second-order valence-corrected chi connectivity index (χ2v) is 13.9. The number of carboxylic acid groups (broad SMARTS) is 2. The molecule has 7 heteroatoms. The number of aliphatic carboxylic acids is 2. The minimum absolute atomic E-state index is 0.558. The fourth-order valence-corrected chi connectivity index (χ4v) is 6.26. The van der Waals surface area contributed by atoms with Gasteiger partial charge in [-0.3, -0.25) is 0 Å². The predicted molar refractivity (Wildman–Crippen MR) is 117 cm³/mol. The monoisotopic (exact) mass is 419 g/mol. The second-order valence-electron chi connectivity index (χ2n) is 8.89. The molecule has 1 aromatic rings. The number of rotatable bonds is 4. The Bertz CT molecular complexity index is 768. The fraction of sp³-hybridized carbons (Fsp3) is 0.545. The summed E-state index contributed by atoms with van der Waals surface area (Å²) in [5, 5.41) is 17.3. The van der Waals surface area contributed by atoms with E-state index in [0.29, 0.717) is 12.2 Å². The Morgan fingerprint density at radius 1 is 1.10 bits per heavy atom. The Hall–Kier alpha value is -2.12. The van der Waals surface area contributed by atoms with E-state index in [2.05, 4.69) is 43.7 Å². The summed E-state index contributed by atoms with van der Waals surface area (Å²) in [7, 11) is 2.83. The average Bonchev–Trinajstić information content (AvgIpc) is 2.64. The third kappa shape index (κ3) is 5.93. The molecular formula is C22H33NO5Si. The van der Waals surface area contributed by atoms with Crippen molar-refractivity contribution in [2.45, 2.75) is 51.4 Å². The van der Waals surface area contributed by atoms with Crippen LogP contribution in [0.25, 0.3) is 0 Å². The highest BCUT2D eigenvalue weighted by molar-refractivity contribution is 6.89. The van der Waals surface area contributed by atoms with Crippen molar-refractivity contribution >= 4 is 25.2 Å². The molecule has 160 valence electrons. The summed E-state index contributed by atoms with van der Waals surface area (Å²) in [5.41, 5.74) is 3.15. The number of methoxy groups -OCH3 is 1. The van der Waals surface area contributed by atoms with Crippen LogP contribution >= 0.6 is 0 Å². The van der Waals surface area contributed by atoms with E-state index in [1.54, 1.807) is 10.8 Å². The molecule has 1 aliphatic carbocycles. The first kappa shape index (κ1) is 23.2. The van der Waals surface area contributed by atoms with E-state index < -0.39 is 20.0 Å². The molecule has 1 saturated heterocycles. The first-order valence-electron chi connectivity index (χ1n) is 10.1. The summed E-state index contributed by atoms with van der Waals surface area (Å²) in [6, 6.07) is 5.30. The molecule has 29 heavy (non-hydrogen) atoms. The molecule has 0 bridgehead atoms. The molecule has 0 aromatic heterocycles. The molecule has 1 aromatic carbocycles. The van der Waals surface area contributed by atoms with Gasteiger partial charge in [-0.2, -0.15) is 0 Å². The number of likely N-dealkylation sites (tertiary alicyclic amines) is 1. The van der Waals surface area contributed by atoms with Crippen molar-refractivity contribution in [2.75, 3.05) is 20.7 Å². The molecule has 2 aliphatic rings. The number of likely N-dealkylation sites (N-methyl/N-ethyl adjacent to an activating group) is 1. The number of carbonyl (C=O) groups is 2. The van der Waals surface area contributed by atoms with Crippen molar-refractivity contribution in [3.05, 3.63) is 35.4 Å². The summed E-state index contributed by atoms with van der Waals surface area (Å²) < 4.78 is 5.69. The van der Waals surface area contributed by atoms with Gasteiger partial charge in [0.25, 0.3) is 0 Å². The summed E-state index contributed by atoms with van der Waals surface area (Å²) in [6.07, 6.45) is 6.32. The number of fused-ring (bicyclic) bond motifs is 2. The zero-order valence-corrected chi connectivity index (χ0v) is 19.1. The van der Waals surface area contributed by atoms with E-state index in [9.17, 15) is 9.59 Å². The average molecular weight is 420 g/mol. The zero-order chi connectivity index (χ0) is 21.8. The number of nitrogens with zero attached hydrogens (tertiary/aromatic N) is 1. The third-order valence-corrected chi connectivity index (χ3v) is 7.94. The van der Waals surface area contributed by atoms with Crippen LogP contribution in [0.2, 0.25) is 19.6 Å². The van der Waals surface area contributed by atoms with E-state index in [1.165, 1.54) is 37.8 Å². The number of hydrogen-bond donors (Lipinski definition) is 2. The van der Waals surface area contributed by atoms with Crippen LogP contribution in [0, 0.1) is 5.92 Å². The zero-order valence-electron chi connectivity index (χ0n) is 18.1. The van der Waals surface area contributed by atoms with Gasteiger partial charge in [0, 0.05) is 18.2 Å². The molecule has 1 heterocycles. The first-order valence-corrected chi connectivity index (χ1v) is 13.6. The maximum Gasteiger partial charge on any atom is 0.328 e. The molecule has 6 nitrogen and oxygen atoms in total. The summed E-state index contributed by atoms with van der Waals surface area (Å²) >= 11 is 0. The molecule has 0 unspecified atom stereocenters. The number of ether oxygens (including phenoxy) is 1. The van der Waals surface area contributed by atoms with Crippen LogP contribution in [-0.2, 0) is 22.4 Å². The van der Waals surface area contributed by atoms with Crippen LogP contribution in [0.4, 0.5) is 0 Å². The van der Waals surface area contributed by atoms with Crippen LogP contribution in [0.3, 0.4) is 0 Å². The fourth-order valence-electron chi connectivity index (χ4n) is 4.52. The molecule has 2 N–H and O–H groups in total. The van der Waals surface area contributed by atoms with Gasteiger partial charge in [0.1, 0.15) is 5.75 Å². The quantitative estimate of drug-likeness (QED) is 0.576. The predicted octanol–water partition coefficient (Wildman–Crippen LogP) is 2.76. The van der Waals surface area contributed by atoms with Crippen molar-refractivity contribution in [3.8, 4) is 5.75 Å². The highest BCUT2D eigenvalue weighted by Gasteiger charge is 2.37. The highest BCUT2D eigenvalue weighted by atomic mass is 28.3. The maximum absolute atomic E-state index is 9.55. The van der Waals surface area contributed by atoms with E-state index >= 15 is 0 Å². The third-order valence-electron chi connectivity index (χ3n) is 5.86. The largest absolute Gasteiger partial charge is 0.496 e. The standard InChI is InChI=1S/C18H29NOSi.C4H4O4/c1-19-10-6-7-13-11-15-14(12-16(13)19)17(20-2)8-9-18(15)21(3,4)5;5-3(6)1-2-4(7)8/h8-9,13,16H,6-7,10-12H2,1-5H3;1-2H,(H,5,6)(H,7,8)/b;2-1+/t13-,16-;/m1./s1. The molecular weight excluding hydrogens is 386 g/mol. The molecule has 1 aliphatic heterocycles. The lowest BCUT2D eigenvalue weighted by molar-refractivity contribution is -0.134. The van der Waals surface area contributed by atoms with Crippen LogP contribution in [-0.4, -0.2) is 61.9 Å². The molecule has 0 spiro atoms. The van der Waals surface area contributed by atoms with Gasteiger partial charge in [0.2, 0.25) is 0 Å². The molecule has 2 atom stereocenters. The smallest absolute Gasteiger partial charge is 0.328 e. The van der Waals surface area contributed by atoms with E-state index in [-0.39, 0.29) is 0 Å². The summed E-state index contributed by atoms with van der Waals surface area (Å²) in [4.78, 5) is 21.7. The van der Waals surface area contributed by atoms with Gasteiger partial charge in [0.15, 0.2) is 0 Å². The maximum atomic E-state index is 9.55. The number of carboxylic acids is 2. The number of hydrogen-bond acceptors (Lipinski definition) is 4. The Morgan fingerprint density at radius 2 is 1.72 bits per heavy atom. The number of piperidine rings is 1. The highest BCUT2D eigenvalue weighted by Crippen LogP contribution is 2.38. The lowest BCUT2D eigenvalue weighted by atomic mass is 9.75. The minimum atomic E-state index is -1.29. The van der Waals surface area contributed by atoms with Crippen molar-refractivity contribution in [3.63, 3.8) is 0 Å². The first-order chi connectivity index (χ1) is 13.5. The van der Waals surface area contributed by atoms with Gasteiger partial charge in [-0.1, -0.05) is 30.9 Å². The molecule has 0 radical (unpaired) electrons. The SMILES string of the molecule is COc1ccc([Si](C)(C)C)c2c1C[C@@H]1[C@H](CCCN1C)C2.O=C(O)/C=C/C(=O)O. The molecule has 1 fully saturated rings. The lowest BCUT2D eigenvalue weighted by Gasteiger charge is -2.44. The minimum Gasteiger partial charge on any atom is -0.496 e. The molecule has 0 saturated carbocycles. The summed E-state index contributed by atoms with van der Waals surface area (Å²) in [5.74, 6) is -0.553. The van der Waals surface area contributed by atoms with Crippen LogP contribution < -0.4 is 9.92 Å². The van der Waals surface area contributed by atoms with Gasteiger partial charge in [-0.25, -0.2) is 9.59 Å². The Balaban J connectivity index is 0.000000321. The molecule has 3 rings (SSSR count). The van der Waals surface area contributed by atoms with Crippen molar-refractivity contribution in [1.82, 2.24) is 4.90 Å². The van der Waals surface area contributed by atoms with Gasteiger partial charge < -0.3 is 19.8 Å². The van der Waals surface area contributed by atoms with E-state index in [0.717, 1.165) is 17.7 Å². The van der Waals surface area contributed by atoms with Gasteiger partial charge in [0.05, 0.1) is 15.2 Å². The second kappa shape index (κ2) is 9.58. The van der Waals surface area contributed by atoms with Crippen LogP contribution in [0.15, 0.2) is 24.3 Å². The van der Waals surface area contributed by atoms with E-state index in [1.807, 2.05) is 7.11 Å². The molecule has 0 amide bonds. The van der Waals surface area contributed by atoms with Gasteiger partial charge in [-0.15, -0.1) is 0 Å². The van der Waals surface area contributed by atoms with Gasteiger partial charge in [-0.05, 0) is 62.4 Å². The van der Waals surface area contributed by atoms with Gasteiger partial charge >= 0.3 is 11.9 Å². The summed E-state index contributed by atoms with van der Waals surface area (Å²) in [6.45, 7) is 8.66. The van der Waals surface area contributed by atoms with Crippen molar-refractivity contribution < 1.29 is 24.5 Å². The lowest BCUT2D eigenvalue weighted by Crippen LogP contribution is -2.50. The Labute approximate surface area is 174 Å². The van der Waals surface area contributed by atoms with Crippen LogP contribution in [0.1, 0.15) is 24.0 Å². The Morgan fingerprint density at radius 3 is 2.24 bits per heavy atom. The van der Waals surface area contributed by atoms with Crippen LogP contribution in [0.5, 0.6) is 5.75 Å². The van der Waals surface area contributed by atoms with E-state index in [4.69, 9.17) is 14.9 Å². The topological polar surface area (TPSA) is 87.1 Å². The van der Waals surface area contributed by atoms with Crippen molar-refractivity contribution in [1.29, 1.82) is 0 Å². The Kier molecular flexibility index (Phi) is 7.65. The van der Waals surface area contributed by atoms with Crippen molar-refractivity contribution in [2.24, 2.45) is 5.92 Å². The number of benzene rings is 1. The normalized spacial score (nSPS) is 21.6.